The smallest absolute Gasteiger partial charge is 0.155 e. The van der Waals surface area contributed by atoms with Crippen molar-refractivity contribution in [2.75, 3.05) is 11.4 Å². The third-order valence-corrected chi connectivity index (χ3v) is 5.22. The molecule has 1 fully saturated rings. The zero-order valence-corrected chi connectivity index (χ0v) is 14.2. The Kier molecular flexibility index (Phi) is 3.25. The maximum atomic E-state index is 14.8. The van der Waals surface area contributed by atoms with E-state index in [1.165, 1.54) is 31.1 Å². The van der Waals surface area contributed by atoms with Gasteiger partial charge in [0.2, 0.25) is 0 Å². The summed E-state index contributed by atoms with van der Waals surface area (Å²) >= 11 is 0. The molecule has 2 aromatic heterocycles. The van der Waals surface area contributed by atoms with Gasteiger partial charge in [-0.25, -0.2) is 18.3 Å². The molecule has 2 aliphatic rings. The fraction of sp³-hybridized carbons (Fsp3) is 0.263. The van der Waals surface area contributed by atoms with Crippen LogP contribution in [0.25, 0.3) is 5.65 Å². The standard InChI is InChI=1S/C19H17F2N5/c1-12-15(20)5-6-16(18(12)21)25-10-14-3-2-8-24(14)19(25)13-4-7-17-22-11-23-26(17)9-13/h4-7,9-11,19H,2-3,8H2,1H3. The average molecular weight is 353 g/mol. The SMILES string of the molecule is Cc1c(F)ccc(N2C=C3CCCN3C2c2ccc3ncnn3c2)c1F. The molecule has 0 spiro atoms. The lowest BCUT2D eigenvalue weighted by Crippen LogP contribution is -2.31. The molecule has 0 amide bonds. The molecular weight excluding hydrogens is 336 g/mol. The van der Waals surface area contributed by atoms with E-state index in [1.807, 2.05) is 29.4 Å². The number of nitrogens with zero attached hydrogens (tertiary/aromatic N) is 5. The van der Waals surface area contributed by atoms with Crippen LogP contribution in [0.3, 0.4) is 0 Å². The van der Waals surface area contributed by atoms with Gasteiger partial charge in [0.15, 0.2) is 11.5 Å². The van der Waals surface area contributed by atoms with E-state index in [-0.39, 0.29) is 11.7 Å². The van der Waals surface area contributed by atoms with Crippen molar-refractivity contribution in [2.24, 2.45) is 0 Å². The van der Waals surface area contributed by atoms with E-state index < -0.39 is 11.6 Å². The Morgan fingerprint density at radius 3 is 2.92 bits per heavy atom. The Hall–Kier alpha value is -2.96. The van der Waals surface area contributed by atoms with Gasteiger partial charge in [0.05, 0.1) is 5.69 Å². The molecule has 1 unspecified atom stereocenters. The number of pyridine rings is 1. The summed E-state index contributed by atoms with van der Waals surface area (Å²) in [6, 6.07) is 6.73. The molecule has 26 heavy (non-hydrogen) atoms. The summed E-state index contributed by atoms with van der Waals surface area (Å²) in [5.74, 6) is -1.05. The van der Waals surface area contributed by atoms with E-state index in [0.29, 0.717) is 5.69 Å². The lowest BCUT2D eigenvalue weighted by Gasteiger charge is -2.32. The van der Waals surface area contributed by atoms with Crippen molar-refractivity contribution in [3.05, 3.63) is 71.4 Å². The summed E-state index contributed by atoms with van der Waals surface area (Å²) in [5, 5.41) is 4.21. The Labute approximate surface area is 149 Å². The first-order valence-electron chi connectivity index (χ1n) is 8.63. The molecule has 132 valence electrons. The van der Waals surface area contributed by atoms with E-state index in [9.17, 15) is 8.78 Å². The van der Waals surface area contributed by atoms with Crippen LogP contribution in [0.4, 0.5) is 14.5 Å². The molecule has 5 nitrogen and oxygen atoms in total. The quantitative estimate of drug-likeness (QED) is 0.703. The molecule has 1 aromatic carbocycles. The van der Waals surface area contributed by atoms with Crippen molar-refractivity contribution in [1.82, 2.24) is 19.5 Å². The summed E-state index contributed by atoms with van der Waals surface area (Å²) in [6.07, 6.45) is 7.27. The van der Waals surface area contributed by atoms with Crippen molar-refractivity contribution in [3.63, 3.8) is 0 Å². The maximum Gasteiger partial charge on any atom is 0.155 e. The molecule has 1 saturated heterocycles. The fourth-order valence-corrected chi connectivity index (χ4v) is 3.89. The van der Waals surface area contributed by atoms with Crippen LogP contribution in [0.15, 0.2) is 48.7 Å². The Morgan fingerprint density at radius 1 is 1.15 bits per heavy atom. The third kappa shape index (κ3) is 2.13. The average Bonchev–Trinajstić information content (AvgIpc) is 3.34. The molecule has 0 N–H and O–H groups in total. The van der Waals surface area contributed by atoms with Gasteiger partial charge in [0, 0.05) is 35.8 Å². The monoisotopic (exact) mass is 353 g/mol. The number of aromatic nitrogens is 3. The highest BCUT2D eigenvalue weighted by molar-refractivity contribution is 5.58. The first-order valence-corrected chi connectivity index (χ1v) is 8.63. The second-order valence-corrected chi connectivity index (χ2v) is 6.73. The Bertz CT molecular complexity index is 1040. The zero-order valence-electron chi connectivity index (χ0n) is 14.2. The zero-order chi connectivity index (χ0) is 17.8. The predicted octanol–water partition coefficient (Wildman–Crippen LogP) is 3.77. The Morgan fingerprint density at radius 2 is 2.04 bits per heavy atom. The van der Waals surface area contributed by atoms with Crippen molar-refractivity contribution in [2.45, 2.75) is 25.9 Å². The van der Waals surface area contributed by atoms with Gasteiger partial charge < -0.3 is 9.80 Å². The molecule has 0 saturated carbocycles. The maximum absolute atomic E-state index is 14.8. The van der Waals surface area contributed by atoms with E-state index in [0.717, 1.165) is 30.6 Å². The highest BCUT2D eigenvalue weighted by Crippen LogP contribution is 2.44. The predicted molar refractivity (Wildman–Crippen MR) is 93.3 cm³/mol. The van der Waals surface area contributed by atoms with Gasteiger partial charge >= 0.3 is 0 Å². The lowest BCUT2D eigenvalue weighted by molar-refractivity contribution is 0.317. The van der Waals surface area contributed by atoms with E-state index in [2.05, 4.69) is 15.0 Å². The van der Waals surface area contributed by atoms with Crippen LogP contribution in [0.2, 0.25) is 0 Å². The van der Waals surface area contributed by atoms with Crippen molar-refractivity contribution in [1.29, 1.82) is 0 Å². The molecule has 4 heterocycles. The van der Waals surface area contributed by atoms with Crippen LogP contribution in [0, 0.1) is 18.6 Å². The van der Waals surface area contributed by atoms with E-state index in [4.69, 9.17) is 0 Å². The largest absolute Gasteiger partial charge is 0.349 e. The summed E-state index contributed by atoms with van der Waals surface area (Å²) in [7, 11) is 0. The molecule has 2 aliphatic heterocycles. The highest BCUT2D eigenvalue weighted by Gasteiger charge is 2.38. The second-order valence-electron chi connectivity index (χ2n) is 6.73. The number of hydrogen-bond donors (Lipinski definition) is 0. The molecule has 3 aromatic rings. The van der Waals surface area contributed by atoms with Crippen LogP contribution in [0.5, 0.6) is 0 Å². The second kappa shape index (κ2) is 5.52. The lowest BCUT2D eigenvalue weighted by atomic mass is 10.1. The first kappa shape index (κ1) is 15.3. The minimum Gasteiger partial charge on any atom is -0.349 e. The third-order valence-electron chi connectivity index (χ3n) is 5.22. The van der Waals surface area contributed by atoms with Gasteiger partial charge in [-0.2, -0.15) is 5.10 Å². The topological polar surface area (TPSA) is 36.7 Å². The number of anilines is 1. The minimum absolute atomic E-state index is 0.0402. The molecule has 0 bridgehead atoms. The normalized spacial score (nSPS) is 19.3. The van der Waals surface area contributed by atoms with Crippen molar-refractivity contribution in [3.8, 4) is 0 Å². The van der Waals surface area contributed by atoms with Gasteiger partial charge in [-0.1, -0.05) is 0 Å². The molecule has 1 atom stereocenters. The van der Waals surface area contributed by atoms with Crippen LogP contribution < -0.4 is 4.90 Å². The van der Waals surface area contributed by atoms with Crippen LogP contribution in [0.1, 0.15) is 30.1 Å². The van der Waals surface area contributed by atoms with Gasteiger partial charge in [0.1, 0.15) is 18.3 Å². The molecule has 5 rings (SSSR count). The molecule has 0 aliphatic carbocycles. The number of allylic oxidation sites excluding steroid dienone is 1. The van der Waals surface area contributed by atoms with E-state index in [1.54, 1.807) is 4.52 Å². The van der Waals surface area contributed by atoms with Gasteiger partial charge in [-0.15, -0.1) is 0 Å². The number of hydrogen-bond acceptors (Lipinski definition) is 4. The van der Waals surface area contributed by atoms with Crippen LogP contribution in [-0.4, -0.2) is 26.0 Å². The number of benzene rings is 1. The summed E-state index contributed by atoms with van der Waals surface area (Å²) in [6.45, 7) is 2.37. The van der Waals surface area contributed by atoms with E-state index >= 15 is 0 Å². The Balaban J connectivity index is 1.65. The number of rotatable bonds is 2. The van der Waals surface area contributed by atoms with Crippen molar-refractivity contribution < 1.29 is 8.78 Å². The summed E-state index contributed by atoms with van der Waals surface area (Å²) < 4.78 is 30.3. The molecule has 7 heteroatoms. The molecule has 0 radical (unpaired) electrons. The number of fused-ring (bicyclic) bond motifs is 2. The first-order chi connectivity index (χ1) is 12.6. The van der Waals surface area contributed by atoms with Gasteiger partial charge in [0.25, 0.3) is 0 Å². The van der Waals surface area contributed by atoms with Gasteiger partial charge in [-0.05, 0) is 44.0 Å². The molecular formula is C19H17F2N5. The van der Waals surface area contributed by atoms with Crippen LogP contribution >= 0.6 is 0 Å². The number of halogens is 2. The van der Waals surface area contributed by atoms with Crippen LogP contribution in [-0.2, 0) is 0 Å². The van der Waals surface area contributed by atoms with Crippen molar-refractivity contribution >= 4 is 11.3 Å². The fourth-order valence-electron chi connectivity index (χ4n) is 3.89. The highest BCUT2D eigenvalue weighted by atomic mass is 19.1. The van der Waals surface area contributed by atoms with Gasteiger partial charge in [-0.3, -0.25) is 0 Å². The summed E-state index contributed by atoms with van der Waals surface area (Å²) in [4.78, 5) is 8.35. The minimum atomic E-state index is -0.529. The summed E-state index contributed by atoms with van der Waals surface area (Å²) in [5.41, 5.74) is 3.34.